The molecule has 0 atom stereocenters. The van der Waals surface area contributed by atoms with Crippen molar-refractivity contribution in [1.82, 2.24) is 9.97 Å². The second-order valence-electron chi connectivity index (χ2n) is 5.62. The number of H-pyrrole nitrogens is 1. The van der Waals surface area contributed by atoms with Crippen LogP contribution in [0.15, 0.2) is 48.8 Å². The van der Waals surface area contributed by atoms with Crippen LogP contribution in [0.5, 0.6) is 5.75 Å². The Labute approximate surface area is 136 Å². The summed E-state index contributed by atoms with van der Waals surface area (Å²) in [5.74, 6) is 1.86. The molecule has 0 aliphatic carbocycles. The zero-order valence-corrected chi connectivity index (χ0v) is 13.5. The van der Waals surface area contributed by atoms with Gasteiger partial charge in [0.2, 0.25) is 0 Å². The molecule has 2 aromatic heterocycles. The van der Waals surface area contributed by atoms with Gasteiger partial charge >= 0.3 is 0 Å². The van der Waals surface area contributed by atoms with Crippen molar-refractivity contribution in [3.8, 4) is 5.75 Å². The van der Waals surface area contributed by atoms with E-state index in [4.69, 9.17) is 4.74 Å². The molecule has 0 amide bonds. The topological polar surface area (TPSA) is 49.9 Å². The van der Waals surface area contributed by atoms with E-state index >= 15 is 0 Å². The van der Waals surface area contributed by atoms with Crippen molar-refractivity contribution in [1.29, 1.82) is 0 Å². The molecule has 23 heavy (non-hydrogen) atoms. The third-order valence-corrected chi connectivity index (χ3v) is 3.87. The number of nitrogens with one attached hydrogen (secondary N) is 2. The van der Waals surface area contributed by atoms with E-state index in [0.717, 1.165) is 49.5 Å². The number of rotatable bonds is 8. The molecular formula is C19H23N3O. The number of ether oxygens (including phenoxy) is 1. The third-order valence-electron chi connectivity index (χ3n) is 3.87. The van der Waals surface area contributed by atoms with Gasteiger partial charge in [-0.05, 0) is 48.7 Å². The first-order valence-corrected chi connectivity index (χ1v) is 8.24. The van der Waals surface area contributed by atoms with Crippen molar-refractivity contribution < 1.29 is 4.74 Å². The van der Waals surface area contributed by atoms with Gasteiger partial charge in [-0.1, -0.05) is 19.4 Å². The van der Waals surface area contributed by atoms with Gasteiger partial charge in [0.15, 0.2) is 0 Å². The van der Waals surface area contributed by atoms with Gasteiger partial charge in [0, 0.05) is 29.8 Å². The Kier molecular flexibility index (Phi) is 5.14. The summed E-state index contributed by atoms with van der Waals surface area (Å²) in [4.78, 5) is 7.61. The molecule has 0 fully saturated rings. The number of anilines is 1. The maximum Gasteiger partial charge on any atom is 0.125 e. The highest BCUT2D eigenvalue weighted by atomic mass is 16.5. The van der Waals surface area contributed by atoms with Crippen molar-refractivity contribution in [3.63, 3.8) is 0 Å². The lowest BCUT2D eigenvalue weighted by Crippen LogP contribution is -2.05. The summed E-state index contributed by atoms with van der Waals surface area (Å²) in [7, 11) is 0. The van der Waals surface area contributed by atoms with Gasteiger partial charge in [-0.3, -0.25) is 0 Å². The predicted molar refractivity (Wildman–Crippen MR) is 95.1 cm³/mol. The Hall–Kier alpha value is -2.49. The molecule has 4 nitrogen and oxygen atoms in total. The Morgan fingerprint density at radius 2 is 2.17 bits per heavy atom. The van der Waals surface area contributed by atoms with Gasteiger partial charge in [-0.25, -0.2) is 4.98 Å². The molecule has 0 aliphatic heterocycles. The lowest BCUT2D eigenvalue weighted by molar-refractivity contribution is 0.310. The first-order chi connectivity index (χ1) is 11.4. The number of fused-ring (bicyclic) bond motifs is 1. The molecule has 0 bridgehead atoms. The Morgan fingerprint density at radius 3 is 3.00 bits per heavy atom. The molecule has 3 rings (SSSR count). The molecule has 0 saturated carbocycles. The van der Waals surface area contributed by atoms with Gasteiger partial charge < -0.3 is 15.0 Å². The summed E-state index contributed by atoms with van der Waals surface area (Å²) < 4.78 is 5.81. The van der Waals surface area contributed by atoms with Crippen LogP contribution in [0.4, 0.5) is 5.82 Å². The standard InChI is InChI=1S/C19H23N3O/c1-2-3-12-23-16-7-8-18-17(13-16)15(14-22-18)9-11-21-19-6-4-5-10-20-19/h4-8,10,13-14,22H,2-3,9,11-12H2,1H3,(H,20,21). The third kappa shape index (κ3) is 4.03. The lowest BCUT2D eigenvalue weighted by Gasteiger charge is -2.07. The average Bonchev–Trinajstić information content (AvgIpc) is 2.99. The number of hydrogen-bond acceptors (Lipinski definition) is 3. The van der Waals surface area contributed by atoms with E-state index < -0.39 is 0 Å². The molecule has 0 saturated heterocycles. The molecule has 0 radical (unpaired) electrons. The van der Waals surface area contributed by atoms with Gasteiger partial charge in [-0.15, -0.1) is 0 Å². The normalized spacial score (nSPS) is 10.8. The van der Waals surface area contributed by atoms with E-state index in [9.17, 15) is 0 Å². The summed E-state index contributed by atoms with van der Waals surface area (Å²) in [6.45, 7) is 3.80. The largest absolute Gasteiger partial charge is 0.494 e. The predicted octanol–water partition coefficient (Wildman–Crippen LogP) is 4.40. The van der Waals surface area contributed by atoms with Crippen LogP contribution in [0.25, 0.3) is 10.9 Å². The fourth-order valence-corrected chi connectivity index (χ4v) is 2.58. The Morgan fingerprint density at radius 1 is 1.22 bits per heavy atom. The number of nitrogens with zero attached hydrogens (tertiary/aromatic N) is 1. The van der Waals surface area contributed by atoms with Gasteiger partial charge in [0.25, 0.3) is 0 Å². The smallest absolute Gasteiger partial charge is 0.125 e. The molecule has 2 heterocycles. The molecule has 1 aromatic carbocycles. The second-order valence-corrected chi connectivity index (χ2v) is 5.62. The van der Waals surface area contributed by atoms with E-state index in [2.05, 4.69) is 40.5 Å². The first kappa shape index (κ1) is 15.4. The van der Waals surface area contributed by atoms with E-state index in [1.165, 1.54) is 10.9 Å². The van der Waals surface area contributed by atoms with Crippen molar-refractivity contribution in [2.45, 2.75) is 26.2 Å². The van der Waals surface area contributed by atoms with Crippen molar-refractivity contribution >= 4 is 16.7 Å². The van der Waals surface area contributed by atoms with Crippen molar-refractivity contribution in [2.75, 3.05) is 18.5 Å². The highest BCUT2D eigenvalue weighted by molar-refractivity contribution is 5.84. The number of unbranched alkanes of at least 4 members (excludes halogenated alkanes) is 1. The van der Waals surface area contributed by atoms with Crippen molar-refractivity contribution in [2.24, 2.45) is 0 Å². The van der Waals surface area contributed by atoms with Crippen LogP contribution >= 0.6 is 0 Å². The Bertz CT molecular complexity index is 737. The van der Waals surface area contributed by atoms with Crippen molar-refractivity contribution in [3.05, 3.63) is 54.4 Å². The van der Waals surface area contributed by atoms with Crippen LogP contribution < -0.4 is 10.1 Å². The summed E-state index contributed by atoms with van der Waals surface area (Å²) in [6.07, 6.45) is 7.06. The lowest BCUT2D eigenvalue weighted by atomic mass is 10.1. The van der Waals surface area contributed by atoms with Crippen LogP contribution in [0.3, 0.4) is 0 Å². The number of pyridine rings is 1. The highest BCUT2D eigenvalue weighted by Crippen LogP contribution is 2.24. The molecule has 0 aliphatic rings. The summed E-state index contributed by atoms with van der Waals surface area (Å²) >= 11 is 0. The van der Waals surface area contributed by atoms with Gasteiger partial charge in [0.05, 0.1) is 6.61 Å². The molecule has 2 N–H and O–H groups in total. The number of hydrogen-bond donors (Lipinski definition) is 2. The summed E-state index contributed by atoms with van der Waals surface area (Å²) in [6, 6.07) is 12.1. The number of benzene rings is 1. The zero-order chi connectivity index (χ0) is 15.9. The quantitative estimate of drug-likeness (QED) is 0.606. The monoisotopic (exact) mass is 309 g/mol. The second kappa shape index (κ2) is 7.68. The minimum absolute atomic E-state index is 0.781. The summed E-state index contributed by atoms with van der Waals surface area (Å²) in [5, 5.41) is 4.59. The van der Waals surface area contributed by atoms with Gasteiger partial charge in [0.1, 0.15) is 11.6 Å². The van der Waals surface area contributed by atoms with E-state index in [1.807, 2.05) is 24.3 Å². The zero-order valence-electron chi connectivity index (χ0n) is 13.5. The number of aromatic amines is 1. The van der Waals surface area contributed by atoms with Gasteiger partial charge in [-0.2, -0.15) is 0 Å². The molecule has 0 spiro atoms. The minimum atomic E-state index is 0.781. The SMILES string of the molecule is CCCCOc1ccc2[nH]cc(CCNc3ccccn3)c2c1. The maximum atomic E-state index is 5.81. The van der Waals surface area contributed by atoms with Crippen LogP contribution in [0, 0.1) is 0 Å². The molecule has 0 unspecified atom stereocenters. The highest BCUT2D eigenvalue weighted by Gasteiger charge is 2.05. The first-order valence-electron chi connectivity index (χ1n) is 8.24. The molecule has 4 heteroatoms. The molecular weight excluding hydrogens is 286 g/mol. The fraction of sp³-hybridized carbons (Fsp3) is 0.316. The summed E-state index contributed by atoms with van der Waals surface area (Å²) in [5.41, 5.74) is 2.45. The van der Waals surface area contributed by atoms with Crippen LogP contribution in [0.2, 0.25) is 0 Å². The molecule has 3 aromatic rings. The fourth-order valence-electron chi connectivity index (χ4n) is 2.58. The van der Waals surface area contributed by atoms with E-state index in [0.29, 0.717) is 0 Å². The van der Waals surface area contributed by atoms with Crippen LogP contribution in [-0.2, 0) is 6.42 Å². The van der Waals surface area contributed by atoms with Crippen LogP contribution in [0.1, 0.15) is 25.3 Å². The number of aromatic nitrogens is 2. The van der Waals surface area contributed by atoms with Crippen LogP contribution in [-0.4, -0.2) is 23.1 Å². The minimum Gasteiger partial charge on any atom is -0.494 e. The maximum absolute atomic E-state index is 5.81. The van der Waals surface area contributed by atoms with E-state index in [1.54, 1.807) is 6.20 Å². The Balaban J connectivity index is 1.64. The van der Waals surface area contributed by atoms with E-state index in [-0.39, 0.29) is 0 Å². The average molecular weight is 309 g/mol. The molecule has 120 valence electrons.